The lowest BCUT2D eigenvalue weighted by Gasteiger charge is -2.29. The van der Waals surface area contributed by atoms with Crippen LogP contribution in [0.1, 0.15) is 33.3 Å². The minimum absolute atomic E-state index is 0.278. The van der Waals surface area contributed by atoms with Gasteiger partial charge in [-0.3, -0.25) is 0 Å². The van der Waals surface area contributed by atoms with Gasteiger partial charge in [-0.15, -0.1) is 0 Å². The third-order valence-electron chi connectivity index (χ3n) is 2.94. The summed E-state index contributed by atoms with van der Waals surface area (Å²) in [5.41, 5.74) is 0.867. The summed E-state index contributed by atoms with van der Waals surface area (Å²) in [6.07, 6.45) is 1.74. The molecule has 0 aliphatic carbocycles. The van der Waals surface area contributed by atoms with E-state index >= 15 is 0 Å². The maximum atomic E-state index is 12.5. The minimum atomic E-state index is -3.32. The molecule has 0 aliphatic heterocycles. The van der Waals surface area contributed by atoms with Crippen molar-refractivity contribution in [3.63, 3.8) is 0 Å². The number of carbonyl (C=O) groups excluding carboxylic acids is 1. The van der Waals surface area contributed by atoms with Gasteiger partial charge in [0.2, 0.25) is 0 Å². The smallest absolute Gasteiger partial charge is 0.463 e. The highest BCUT2D eigenvalue weighted by Crippen LogP contribution is 2.24. The molecule has 0 spiro atoms. The molecule has 0 saturated carbocycles. The number of hydrogen-bond donors (Lipinski definition) is 0. The first kappa shape index (κ1) is 19.6. The summed E-state index contributed by atoms with van der Waals surface area (Å²) in [7, 11) is -3.32. The van der Waals surface area contributed by atoms with Crippen molar-refractivity contribution in [1.29, 1.82) is 0 Å². The second-order valence-electron chi connectivity index (χ2n) is 4.54. The predicted octanol–water partition coefficient (Wildman–Crippen LogP) is 3.22. The highest BCUT2D eigenvalue weighted by molar-refractivity contribution is 6.75. The van der Waals surface area contributed by atoms with Crippen molar-refractivity contribution in [2.24, 2.45) is 0 Å². The molecule has 0 aromatic heterocycles. The maximum absolute atomic E-state index is 12.5. The molecule has 0 bridgehead atoms. The molecular weight excluding hydrogens is 312 g/mol. The fourth-order valence-electron chi connectivity index (χ4n) is 2.13. The Balaban J connectivity index is 3.37. The van der Waals surface area contributed by atoms with E-state index in [1.54, 1.807) is 13.0 Å². The molecule has 1 rings (SSSR count). The molecule has 0 atom stereocenters. The van der Waals surface area contributed by atoms with Gasteiger partial charge in [0.1, 0.15) is 5.20 Å². The van der Waals surface area contributed by atoms with Crippen LogP contribution in [0, 0.1) is 0 Å². The summed E-state index contributed by atoms with van der Waals surface area (Å²) in [6, 6.07) is 9.53. The van der Waals surface area contributed by atoms with Crippen LogP contribution in [0.25, 0.3) is 6.08 Å². The Morgan fingerprint density at radius 1 is 0.913 bits per heavy atom. The molecule has 5 nitrogen and oxygen atoms in total. The van der Waals surface area contributed by atoms with Gasteiger partial charge in [0.25, 0.3) is 0 Å². The first-order chi connectivity index (χ1) is 11.1. The summed E-state index contributed by atoms with van der Waals surface area (Å²) in [6.45, 7) is 8.76. The Bertz CT molecular complexity index is 484. The number of ether oxygens (including phenoxy) is 1. The molecule has 0 radical (unpaired) electrons. The van der Waals surface area contributed by atoms with Crippen LogP contribution >= 0.6 is 0 Å². The second-order valence-corrected chi connectivity index (χ2v) is 7.06. The van der Waals surface area contributed by atoms with Crippen LogP contribution in [-0.4, -0.2) is 41.2 Å². The van der Waals surface area contributed by atoms with Crippen molar-refractivity contribution >= 4 is 20.8 Å². The van der Waals surface area contributed by atoms with E-state index < -0.39 is 14.8 Å². The number of benzene rings is 1. The quantitative estimate of drug-likeness (QED) is 0.372. The average molecular weight is 338 g/mol. The van der Waals surface area contributed by atoms with Crippen molar-refractivity contribution in [2.45, 2.75) is 27.7 Å². The third-order valence-corrected chi connectivity index (χ3v) is 5.95. The highest BCUT2D eigenvalue weighted by Gasteiger charge is 2.49. The molecule has 0 unspecified atom stereocenters. The first-order valence-electron chi connectivity index (χ1n) is 7.99. The first-order valence-corrected chi connectivity index (χ1v) is 9.72. The Hall–Kier alpha value is -1.47. The van der Waals surface area contributed by atoms with E-state index in [1.807, 2.05) is 51.1 Å². The SMILES string of the molecule is CCOC(=O)/C(=C\c1ccccc1)[Si](OCC)(OCC)OCC. The fraction of sp³-hybridized carbons (Fsp3) is 0.471. The number of carbonyl (C=O) groups is 1. The van der Waals surface area contributed by atoms with E-state index in [0.717, 1.165) is 5.56 Å². The van der Waals surface area contributed by atoms with Gasteiger partial charge >= 0.3 is 14.8 Å². The second kappa shape index (κ2) is 10.3. The summed E-state index contributed by atoms with van der Waals surface area (Å²) >= 11 is 0. The zero-order valence-electron chi connectivity index (χ0n) is 14.3. The molecule has 1 aromatic rings. The van der Waals surface area contributed by atoms with E-state index in [4.69, 9.17) is 18.0 Å². The molecule has 0 amide bonds. The Morgan fingerprint density at radius 2 is 1.43 bits per heavy atom. The Kier molecular flexibility index (Phi) is 8.79. The topological polar surface area (TPSA) is 54.0 Å². The monoisotopic (exact) mass is 338 g/mol. The van der Waals surface area contributed by atoms with E-state index in [2.05, 4.69) is 0 Å². The van der Waals surface area contributed by atoms with Gasteiger partial charge in [-0.1, -0.05) is 30.3 Å². The van der Waals surface area contributed by atoms with E-state index in [1.165, 1.54) is 0 Å². The zero-order chi connectivity index (χ0) is 17.1. The molecule has 0 heterocycles. The Morgan fingerprint density at radius 3 is 1.87 bits per heavy atom. The van der Waals surface area contributed by atoms with Crippen LogP contribution in [0.4, 0.5) is 0 Å². The number of esters is 1. The predicted molar refractivity (Wildman–Crippen MR) is 91.7 cm³/mol. The van der Waals surface area contributed by atoms with Gasteiger partial charge in [-0.2, -0.15) is 0 Å². The zero-order valence-corrected chi connectivity index (χ0v) is 15.3. The third kappa shape index (κ3) is 5.58. The number of rotatable bonds is 10. The van der Waals surface area contributed by atoms with Crippen LogP contribution in [0.15, 0.2) is 35.5 Å². The van der Waals surface area contributed by atoms with Crippen LogP contribution in [-0.2, 0) is 22.8 Å². The molecule has 0 N–H and O–H groups in total. The van der Waals surface area contributed by atoms with Crippen molar-refractivity contribution < 1.29 is 22.8 Å². The molecule has 6 heteroatoms. The van der Waals surface area contributed by atoms with Crippen LogP contribution in [0.3, 0.4) is 0 Å². The lowest BCUT2D eigenvalue weighted by Crippen LogP contribution is -2.51. The largest absolute Gasteiger partial charge is 0.544 e. The standard InChI is InChI=1S/C17H26O5Si/c1-5-19-17(18)16(14-15-12-10-9-11-13-15)23(20-6-2,21-7-3)22-8-4/h9-14H,5-8H2,1-4H3/b16-14+. The van der Waals surface area contributed by atoms with E-state index in [9.17, 15) is 4.79 Å². The van der Waals surface area contributed by atoms with Gasteiger partial charge in [-0.25, -0.2) is 4.79 Å². The molecule has 128 valence electrons. The van der Waals surface area contributed by atoms with Gasteiger partial charge in [-0.05, 0) is 39.3 Å². The van der Waals surface area contributed by atoms with Crippen molar-refractivity contribution in [2.75, 3.05) is 26.4 Å². The summed E-state index contributed by atoms with van der Waals surface area (Å²) in [4.78, 5) is 12.5. The minimum Gasteiger partial charge on any atom is -0.463 e. The maximum Gasteiger partial charge on any atom is 0.544 e. The lowest BCUT2D eigenvalue weighted by molar-refractivity contribution is -0.138. The molecular formula is C17H26O5Si. The summed E-state index contributed by atoms with van der Waals surface area (Å²) in [5.74, 6) is -0.460. The van der Waals surface area contributed by atoms with Crippen molar-refractivity contribution in [3.8, 4) is 0 Å². The molecule has 0 fully saturated rings. The Labute approximate surface area is 139 Å². The lowest BCUT2D eigenvalue weighted by atomic mass is 10.2. The van der Waals surface area contributed by atoms with Gasteiger partial charge in [0.15, 0.2) is 0 Å². The molecule has 23 heavy (non-hydrogen) atoms. The van der Waals surface area contributed by atoms with Crippen LogP contribution in [0.2, 0.25) is 0 Å². The molecule has 0 saturated heterocycles. The summed E-state index contributed by atoms with van der Waals surface area (Å²) < 4.78 is 22.7. The van der Waals surface area contributed by atoms with Gasteiger partial charge in [0, 0.05) is 19.8 Å². The average Bonchev–Trinajstić information content (AvgIpc) is 2.54. The molecule has 0 aliphatic rings. The van der Waals surface area contributed by atoms with Gasteiger partial charge < -0.3 is 18.0 Å². The van der Waals surface area contributed by atoms with E-state index in [0.29, 0.717) is 25.0 Å². The van der Waals surface area contributed by atoms with Crippen molar-refractivity contribution in [1.82, 2.24) is 0 Å². The van der Waals surface area contributed by atoms with Crippen LogP contribution < -0.4 is 0 Å². The summed E-state index contributed by atoms with van der Waals surface area (Å²) in [5, 5.41) is 0.330. The fourth-order valence-corrected chi connectivity index (χ4v) is 4.65. The number of hydrogen-bond acceptors (Lipinski definition) is 5. The van der Waals surface area contributed by atoms with Crippen molar-refractivity contribution in [3.05, 3.63) is 41.1 Å². The normalized spacial score (nSPS) is 12.3. The highest BCUT2D eigenvalue weighted by atomic mass is 28.4. The molecule has 1 aromatic carbocycles. The van der Waals surface area contributed by atoms with Crippen LogP contribution in [0.5, 0.6) is 0 Å². The van der Waals surface area contributed by atoms with E-state index in [-0.39, 0.29) is 6.61 Å². The van der Waals surface area contributed by atoms with Gasteiger partial charge in [0.05, 0.1) is 6.61 Å².